The Morgan fingerprint density at radius 1 is 1.35 bits per heavy atom. The fraction of sp³-hybridized carbons (Fsp3) is 0.533. The summed E-state index contributed by atoms with van der Waals surface area (Å²) in [5.74, 6) is -0.373. The van der Waals surface area contributed by atoms with E-state index in [1.54, 1.807) is 0 Å². The number of hydrogen-bond acceptors (Lipinski definition) is 3. The highest BCUT2D eigenvalue weighted by atomic mass is 79.9. The second-order valence-electron chi connectivity index (χ2n) is 5.38. The van der Waals surface area contributed by atoms with Crippen molar-refractivity contribution >= 4 is 21.8 Å². The zero-order valence-corrected chi connectivity index (χ0v) is 12.8. The first-order valence-corrected chi connectivity index (χ1v) is 7.77. The van der Waals surface area contributed by atoms with Gasteiger partial charge in [0.1, 0.15) is 0 Å². The summed E-state index contributed by atoms with van der Waals surface area (Å²) in [7, 11) is 0. The number of hydrogen-bond donors (Lipinski definition) is 1. The molecule has 1 N–H and O–H groups in total. The molecule has 0 aromatic heterocycles. The quantitative estimate of drug-likeness (QED) is 0.919. The summed E-state index contributed by atoms with van der Waals surface area (Å²) in [4.78, 5) is 12.1. The van der Waals surface area contributed by atoms with Gasteiger partial charge in [-0.05, 0) is 18.1 Å². The molecule has 0 radical (unpaired) electrons. The van der Waals surface area contributed by atoms with Crippen LogP contribution in [0.2, 0.25) is 0 Å². The van der Waals surface area contributed by atoms with Crippen LogP contribution in [-0.4, -0.2) is 30.9 Å². The van der Waals surface area contributed by atoms with Gasteiger partial charge in [-0.25, -0.2) is 0 Å². The Morgan fingerprint density at radius 2 is 2.10 bits per heavy atom. The minimum absolute atomic E-state index is 0.0527. The average Bonchev–Trinajstić information content (AvgIpc) is 3.03. The van der Waals surface area contributed by atoms with E-state index in [2.05, 4.69) is 21.2 Å². The van der Waals surface area contributed by atoms with Crippen LogP contribution < -0.4 is 5.32 Å². The van der Waals surface area contributed by atoms with E-state index in [1.165, 1.54) is 0 Å². The third-order valence-electron chi connectivity index (χ3n) is 3.92. The van der Waals surface area contributed by atoms with Crippen molar-refractivity contribution in [2.24, 2.45) is 0 Å². The van der Waals surface area contributed by atoms with Gasteiger partial charge in [-0.15, -0.1) is 0 Å². The van der Waals surface area contributed by atoms with Crippen LogP contribution in [0.15, 0.2) is 28.7 Å². The standard InChI is InChI=1S/C15H18BrNO3/c16-13-4-2-1-3-11(13)9-14(18)17-12-5-6-15(10-12)19-7-8-20-15/h1-4,12H,5-10H2,(H,17,18)/t12-/m1/s1. The lowest BCUT2D eigenvalue weighted by molar-refractivity contribution is -0.151. The largest absolute Gasteiger partial charge is 0.353 e. The van der Waals surface area contributed by atoms with E-state index in [-0.39, 0.29) is 11.9 Å². The molecule has 1 amide bonds. The molecule has 2 aliphatic rings. The lowest BCUT2D eigenvalue weighted by Crippen LogP contribution is -2.36. The first-order chi connectivity index (χ1) is 9.67. The molecule has 20 heavy (non-hydrogen) atoms. The summed E-state index contributed by atoms with van der Waals surface area (Å²) < 4.78 is 12.3. The van der Waals surface area contributed by atoms with E-state index < -0.39 is 5.79 Å². The van der Waals surface area contributed by atoms with Gasteiger partial charge < -0.3 is 14.8 Å². The first kappa shape index (κ1) is 14.0. The van der Waals surface area contributed by atoms with Gasteiger partial charge in [-0.1, -0.05) is 34.1 Å². The van der Waals surface area contributed by atoms with E-state index in [0.717, 1.165) is 29.3 Å². The zero-order chi connectivity index (χ0) is 14.0. The molecule has 1 aromatic rings. The summed E-state index contributed by atoms with van der Waals surface area (Å²) >= 11 is 3.47. The zero-order valence-electron chi connectivity index (χ0n) is 11.2. The Bertz CT molecular complexity index is 500. The molecule has 0 unspecified atom stereocenters. The summed E-state index contributed by atoms with van der Waals surface area (Å²) in [6.07, 6.45) is 2.94. The van der Waals surface area contributed by atoms with Crippen molar-refractivity contribution in [2.45, 2.75) is 37.5 Å². The van der Waals surface area contributed by atoms with Gasteiger partial charge >= 0.3 is 0 Å². The molecule has 5 heteroatoms. The van der Waals surface area contributed by atoms with Gasteiger partial charge in [0.2, 0.25) is 5.91 Å². The molecule has 1 saturated heterocycles. The van der Waals surface area contributed by atoms with Gasteiger partial charge in [0.15, 0.2) is 5.79 Å². The molecule has 1 heterocycles. The Kier molecular flexibility index (Phi) is 4.10. The number of carbonyl (C=O) groups excluding carboxylic acids is 1. The van der Waals surface area contributed by atoms with E-state index in [0.29, 0.717) is 19.6 Å². The first-order valence-electron chi connectivity index (χ1n) is 6.98. The van der Waals surface area contributed by atoms with Crippen LogP contribution in [0.3, 0.4) is 0 Å². The Balaban J connectivity index is 1.54. The van der Waals surface area contributed by atoms with Crippen LogP contribution in [0.5, 0.6) is 0 Å². The van der Waals surface area contributed by atoms with E-state index >= 15 is 0 Å². The van der Waals surface area contributed by atoms with Crippen LogP contribution in [0.25, 0.3) is 0 Å². The van der Waals surface area contributed by atoms with Crippen LogP contribution in [0.4, 0.5) is 0 Å². The predicted molar refractivity (Wildman–Crippen MR) is 78.3 cm³/mol. The Hall–Kier alpha value is -0.910. The molecule has 1 aromatic carbocycles. The minimum atomic E-state index is -0.425. The fourth-order valence-electron chi connectivity index (χ4n) is 2.95. The van der Waals surface area contributed by atoms with Crippen molar-refractivity contribution in [1.29, 1.82) is 0 Å². The molecular weight excluding hydrogens is 322 g/mol. The summed E-state index contributed by atoms with van der Waals surface area (Å²) in [6.45, 7) is 1.33. The van der Waals surface area contributed by atoms with Crippen molar-refractivity contribution in [3.63, 3.8) is 0 Å². The second-order valence-corrected chi connectivity index (χ2v) is 6.24. The molecule has 1 atom stereocenters. The van der Waals surface area contributed by atoms with Crippen molar-refractivity contribution < 1.29 is 14.3 Å². The minimum Gasteiger partial charge on any atom is -0.353 e. The van der Waals surface area contributed by atoms with Crippen LogP contribution >= 0.6 is 15.9 Å². The molecule has 2 fully saturated rings. The van der Waals surface area contributed by atoms with E-state index in [4.69, 9.17) is 9.47 Å². The van der Waals surface area contributed by atoms with Gasteiger partial charge in [-0.2, -0.15) is 0 Å². The van der Waals surface area contributed by atoms with Crippen LogP contribution in [-0.2, 0) is 20.7 Å². The molecule has 1 aliphatic carbocycles. The van der Waals surface area contributed by atoms with Crippen LogP contribution in [0, 0.1) is 0 Å². The maximum absolute atomic E-state index is 12.1. The van der Waals surface area contributed by atoms with Gasteiger partial charge in [0, 0.05) is 23.4 Å². The number of amides is 1. The number of nitrogens with one attached hydrogen (secondary N) is 1. The SMILES string of the molecule is O=C(Cc1ccccc1Br)N[C@@H]1CCC2(C1)OCCO2. The highest BCUT2D eigenvalue weighted by molar-refractivity contribution is 9.10. The summed E-state index contributed by atoms with van der Waals surface area (Å²) in [5.41, 5.74) is 1.01. The van der Waals surface area contributed by atoms with Crippen LogP contribution in [0.1, 0.15) is 24.8 Å². The Labute approximate surface area is 127 Å². The molecular formula is C15H18BrNO3. The fourth-order valence-corrected chi connectivity index (χ4v) is 3.37. The highest BCUT2D eigenvalue weighted by Crippen LogP contribution is 2.37. The second kappa shape index (κ2) is 5.84. The topological polar surface area (TPSA) is 47.6 Å². The lowest BCUT2D eigenvalue weighted by Gasteiger charge is -2.21. The number of carbonyl (C=O) groups is 1. The number of ether oxygens (including phenoxy) is 2. The molecule has 4 nitrogen and oxygen atoms in total. The average molecular weight is 340 g/mol. The predicted octanol–water partition coefficient (Wildman–Crippen LogP) is 2.40. The lowest BCUT2D eigenvalue weighted by atomic mass is 10.1. The molecule has 0 bridgehead atoms. The molecule has 1 aliphatic heterocycles. The molecule has 1 saturated carbocycles. The number of benzene rings is 1. The van der Waals surface area contributed by atoms with Crippen molar-refractivity contribution in [1.82, 2.24) is 5.32 Å². The maximum atomic E-state index is 12.1. The summed E-state index contributed by atoms with van der Waals surface area (Å²) in [6, 6.07) is 7.96. The van der Waals surface area contributed by atoms with Crippen molar-refractivity contribution in [2.75, 3.05) is 13.2 Å². The van der Waals surface area contributed by atoms with Gasteiger partial charge in [0.25, 0.3) is 0 Å². The summed E-state index contributed by atoms with van der Waals surface area (Å²) in [5, 5.41) is 3.09. The normalized spacial score (nSPS) is 24.1. The third-order valence-corrected chi connectivity index (χ3v) is 4.69. The smallest absolute Gasteiger partial charge is 0.224 e. The van der Waals surface area contributed by atoms with Gasteiger partial charge in [-0.3, -0.25) is 4.79 Å². The maximum Gasteiger partial charge on any atom is 0.224 e. The molecule has 1 spiro atoms. The molecule has 108 valence electrons. The molecule has 3 rings (SSSR count). The van der Waals surface area contributed by atoms with E-state index in [9.17, 15) is 4.79 Å². The van der Waals surface area contributed by atoms with E-state index in [1.807, 2.05) is 24.3 Å². The van der Waals surface area contributed by atoms with Gasteiger partial charge in [0.05, 0.1) is 19.6 Å². The third kappa shape index (κ3) is 3.05. The Morgan fingerprint density at radius 3 is 2.85 bits per heavy atom. The van der Waals surface area contributed by atoms with Crippen molar-refractivity contribution in [3.05, 3.63) is 34.3 Å². The number of rotatable bonds is 3. The monoisotopic (exact) mass is 339 g/mol. The number of halogens is 1. The van der Waals surface area contributed by atoms with Crippen molar-refractivity contribution in [3.8, 4) is 0 Å². The highest BCUT2D eigenvalue weighted by Gasteiger charge is 2.44.